The van der Waals surface area contributed by atoms with Gasteiger partial charge in [0, 0.05) is 42.3 Å². The van der Waals surface area contributed by atoms with Gasteiger partial charge in [-0.05, 0) is 50.8 Å². The monoisotopic (exact) mass is 400 g/mol. The van der Waals surface area contributed by atoms with Gasteiger partial charge in [0.15, 0.2) is 0 Å². The van der Waals surface area contributed by atoms with E-state index in [-0.39, 0.29) is 0 Å². The quantitative estimate of drug-likeness (QED) is 0.768. The van der Waals surface area contributed by atoms with Crippen LogP contribution < -0.4 is 9.64 Å². The summed E-state index contributed by atoms with van der Waals surface area (Å²) in [6.45, 7) is 3.83. The van der Waals surface area contributed by atoms with Gasteiger partial charge in [-0.15, -0.1) is 0 Å². The molecule has 1 aliphatic carbocycles. The van der Waals surface area contributed by atoms with Crippen LogP contribution in [0.5, 0.6) is 5.75 Å². The first-order chi connectivity index (χ1) is 13.6. The largest absolute Gasteiger partial charge is 0.496 e. The Morgan fingerprint density at radius 2 is 2.11 bits per heavy atom. The van der Waals surface area contributed by atoms with Crippen molar-refractivity contribution in [2.24, 2.45) is 0 Å². The van der Waals surface area contributed by atoms with Crippen LogP contribution in [0.3, 0.4) is 0 Å². The van der Waals surface area contributed by atoms with Crippen LogP contribution in [0.2, 0.25) is 0 Å². The molecule has 2 heterocycles. The molecule has 150 valence electrons. The van der Waals surface area contributed by atoms with Gasteiger partial charge >= 0.3 is 0 Å². The van der Waals surface area contributed by atoms with Crippen molar-refractivity contribution in [3.8, 4) is 17.0 Å². The number of ether oxygens (including phenoxy) is 2. The predicted molar refractivity (Wildman–Crippen MR) is 113 cm³/mol. The molecule has 0 radical (unpaired) electrons. The van der Waals surface area contributed by atoms with Crippen molar-refractivity contribution in [1.82, 2.24) is 9.97 Å². The van der Waals surface area contributed by atoms with Crippen molar-refractivity contribution in [3.63, 3.8) is 0 Å². The lowest BCUT2D eigenvalue weighted by Crippen LogP contribution is -2.46. The van der Waals surface area contributed by atoms with Crippen molar-refractivity contribution in [2.75, 3.05) is 38.0 Å². The minimum Gasteiger partial charge on any atom is -0.496 e. The molecule has 6 nitrogen and oxygen atoms in total. The molecule has 2 aliphatic rings. The van der Waals surface area contributed by atoms with Crippen molar-refractivity contribution >= 4 is 16.6 Å². The third-order valence-corrected chi connectivity index (χ3v) is 7.12. The number of rotatable bonds is 7. The second-order valence-electron chi connectivity index (χ2n) is 7.44. The standard InChI is InChI=1S/C21H28N4O2S/c1-14-9-10-25(14)21-23-17-6-4-5-16(17)20(24-21)15-7-8-18(27-3)19(13-15)28(22)12-11-26-2/h7-8,13-14,22H,4-6,9-12H2,1-3H3/t14-,28?/m0/s1. The highest BCUT2D eigenvalue weighted by atomic mass is 32.2. The van der Waals surface area contributed by atoms with E-state index < -0.39 is 10.7 Å². The van der Waals surface area contributed by atoms with E-state index in [0.717, 1.165) is 53.7 Å². The Kier molecular flexibility index (Phi) is 5.64. The summed E-state index contributed by atoms with van der Waals surface area (Å²) in [5.74, 6) is 2.28. The number of hydrogen-bond donors (Lipinski definition) is 1. The number of anilines is 1. The first kappa shape index (κ1) is 19.3. The van der Waals surface area contributed by atoms with Gasteiger partial charge in [0.1, 0.15) is 5.75 Å². The Hall–Kier alpha value is -1.99. The molecule has 0 spiro atoms. The Bertz CT molecular complexity index is 902. The molecule has 1 aromatic heterocycles. The molecule has 7 heteroatoms. The summed E-state index contributed by atoms with van der Waals surface area (Å²) in [5, 5.41) is 0. The minimum absolute atomic E-state index is 0.506. The lowest BCUT2D eigenvalue weighted by Gasteiger charge is -2.39. The first-order valence-corrected chi connectivity index (χ1v) is 11.3. The zero-order chi connectivity index (χ0) is 19.7. The number of aromatic nitrogens is 2. The van der Waals surface area contributed by atoms with Gasteiger partial charge in [0.25, 0.3) is 0 Å². The van der Waals surface area contributed by atoms with Gasteiger partial charge in [0.05, 0.1) is 24.3 Å². The van der Waals surface area contributed by atoms with Crippen LogP contribution in [0.15, 0.2) is 23.1 Å². The molecule has 2 atom stereocenters. The average Bonchev–Trinajstić information content (AvgIpc) is 3.18. The van der Waals surface area contributed by atoms with E-state index in [1.807, 2.05) is 6.07 Å². The first-order valence-electron chi connectivity index (χ1n) is 9.88. The fraction of sp³-hybridized carbons (Fsp3) is 0.524. The van der Waals surface area contributed by atoms with Crippen LogP contribution in [0.25, 0.3) is 11.3 Å². The fourth-order valence-electron chi connectivity index (χ4n) is 3.89. The van der Waals surface area contributed by atoms with Crippen LogP contribution in [0, 0.1) is 4.78 Å². The van der Waals surface area contributed by atoms with Crippen molar-refractivity contribution in [1.29, 1.82) is 4.78 Å². The second-order valence-corrected chi connectivity index (χ2v) is 9.06. The lowest BCUT2D eigenvalue weighted by atomic mass is 10.0. The van der Waals surface area contributed by atoms with Crippen LogP contribution in [-0.2, 0) is 28.3 Å². The zero-order valence-corrected chi connectivity index (χ0v) is 17.6. The van der Waals surface area contributed by atoms with E-state index in [0.29, 0.717) is 18.4 Å². The number of nitrogens with zero attached hydrogens (tertiary/aromatic N) is 3. The van der Waals surface area contributed by atoms with E-state index in [1.54, 1.807) is 14.2 Å². The molecular formula is C21H28N4O2S. The number of hydrogen-bond acceptors (Lipinski definition) is 6. The maximum Gasteiger partial charge on any atom is 0.226 e. The summed E-state index contributed by atoms with van der Waals surface area (Å²) >= 11 is 0. The summed E-state index contributed by atoms with van der Waals surface area (Å²) in [7, 11) is 2.65. The maximum atomic E-state index is 8.58. The van der Waals surface area contributed by atoms with E-state index in [4.69, 9.17) is 24.2 Å². The third-order valence-electron chi connectivity index (χ3n) is 5.69. The van der Waals surface area contributed by atoms with Gasteiger partial charge in [-0.2, -0.15) is 0 Å². The van der Waals surface area contributed by atoms with Crippen LogP contribution in [0.1, 0.15) is 31.0 Å². The fourth-order valence-corrected chi connectivity index (χ4v) is 5.11. The number of methoxy groups -OCH3 is 2. The number of fused-ring (bicyclic) bond motifs is 1. The topological polar surface area (TPSA) is 71.3 Å². The number of aryl methyl sites for hydroxylation is 1. The molecule has 4 rings (SSSR count). The van der Waals surface area contributed by atoms with Crippen molar-refractivity contribution < 1.29 is 9.47 Å². The normalized spacial score (nSPS) is 19.2. The molecule has 1 fully saturated rings. The highest BCUT2D eigenvalue weighted by Gasteiger charge is 2.29. The molecule has 1 aromatic carbocycles. The Balaban J connectivity index is 1.77. The van der Waals surface area contributed by atoms with Gasteiger partial charge in [0.2, 0.25) is 5.95 Å². The summed E-state index contributed by atoms with van der Waals surface area (Å²) in [6.07, 6.45) is 4.39. The average molecular weight is 401 g/mol. The smallest absolute Gasteiger partial charge is 0.226 e. The lowest BCUT2D eigenvalue weighted by molar-refractivity contribution is 0.218. The summed E-state index contributed by atoms with van der Waals surface area (Å²) in [5.41, 5.74) is 4.56. The second kappa shape index (κ2) is 8.17. The highest BCUT2D eigenvalue weighted by Crippen LogP contribution is 2.36. The molecule has 1 saturated heterocycles. The number of nitrogens with one attached hydrogen (secondary N) is 1. The summed E-state index contributed by atoms with van der Waals surface area (Å²) in [4.78, 5) is 13.1. The Morgan fingerprint density at radius 3 is 2.79 bits per heavy atom. The van der Waals surface area contributed by atoms with Crippen LogP contribution in [-0.4, -0.2) is 49.1 Å². The van der Waals surface area contributed by atoms with Crippen LogP contribution >= 0.6 is 0 Å². The van der Waals surface area contributed by atoms with Crippen LogP contribution in [0.4, 0.5) is 5.95 Å². The summed E-state index contributed by atoms with van der Waals surface area (Å²) in [6, 6.07) is 6.64. The summed E-state index contributed by atoms with van der Waals surface area (Å²) < 4.78 is 19.3. The molecule has 28 heavy (non-hydrogen) atoms. The molecule has 2 aromatic rings. The molecule has 1 N–H and O–H groups in total. The molecule has 0 bridgehead atoms. The van der Waals surface area contributed by atoms with Crippen molar-refractivity contribution in [3.05, 3.63) is 29.5 Å². The Labute approximate surface area is 169 Å². The highest BCUT2D eigenvalue weighted by molar-refractivity contribution is 7.86. The molecule has 1 unspecified atom stereocenters. The third kappa shape index (κ3) is 3.53. The Morgan fingerprint density at radius 1 is 1.25 bits per heavy atom. The zero-order valence-electron chi connectivity index (χ0n) is 16.8. The molecule has 0 saturated carbocycles. The molecular weight excluding hydrogens is 372 g/mol. The molecule has 1 aliphatic heterocycles. The number of benzene rings is 1. The van der Waals surface area contributed by atoms with Gasteiger partial charge in [-0.25, -0.2) is 9.97 Å². The van der Waals surface area contributed by atoms with E-state index in [1.165, 1.54) is 17.7 Å². The van der Waals surface area contributed by atoms with Gasteiger partial charge < -0.3 is 14.4 Å². The van der Waals surface area contributed by atoms with Gasteiger partial charge in [-0.3, -0.25) is 4.78 Å². The van der Waals surface area contributed by atoms with E-state index in [9.17, 15) is 0 Å². The SMILES string of the molecule is COCCS(=N)c1cc(-c2nc(N3CC[C@@H]3C)nc3c2CCC3)ccc1OC. The maximum absolute atomic E-state index is 8.58. The predicted octanol–water partition coefficient (Wildman–Crippen LogP) is 3.63. The van der Waals surface area contributed by atoms with E-state index in [2.05, 4.69) is 24.0 Å². The van der Waals surface area contributed by atoms with Gasteiger partial charge in [-0.1, -0.05) is 10.7 Å². The minimum atomic E-state index is -0.691. The van der Waals surface area contributed by atoms with E-state index >= 15 is 0 Å². The van der Waals surface area contributed by atoms with Crippen molar-refractivity contribution in [2.45, 2.75) is 43.5 Å². The molecule has 0 amide bonds.